The van der Waals surface area contributed by atoms with E-state index in [-0.39, 0.29) is 22.3 Å². The van der Waals surface area contributed by atoms with E-state index in [1.165, 1.54) is 12.1 Å². The van der Waals surface area contributed by atoms with Gasteiger partial charge in [0.2, 0.25) is 0 Å². The van der Waals surface area contributed by atoms with Crippen LogP contribution in [0.2, 0.25) is 0 Å². The Kier molecular flexibility index (Phi) is 9.09. The minimum Gasteiger partial charge on any atom is -0.429 e. The SMILES string of the molecule is Cc1ccc(CC/C=C/c2ccc(C(F)(F)Oc3ccc(-c4ccc(-c5cc(F)c(F)c(F)c5)c(F)c4)c(F)c3)c(F)c2)cc1. The van der Waals surface area contributed by atoms with Gasteiger partial charge in [0.1, 0.15) is 23.2 Å². The Morgan fingerprint density at radius 1 is 0.622 bits per heavy atom. The van der Waals surface area contributed by atoms with Gasteiger partial charge in [-0.2, -0.15) is 8.78 Å². The van der Waals surface area contributed by atoms with Crippen LogP contribution in [0.1, 0.15) is 28.7 Å². The molecular formula is C36H24F8O. The van der Waals surface area contributed by atoms with Crippen molar-refractivity contribution in [2.75, 3.05) is 0 Å². The van der Waals surface area contributed by atoms with Crippen LogP contribution in [0.15, 0.2) is 97.1 Å². The molecule has 0 saturated carbocycles. The van der Waals surface area contributed by atoms with Crippen LogP contribution in [0.25, 0.3) is 28.3 Å². The summed E-state index contributed by atoms with van der Waals surface area (Å²) in [6.45, 7) is 1.99. The van der Waals surface area contributed by atoms with Crippen molar-refractivity contribution < 1.29 is 39.9 Å². The molecule has 0 aromatic heterocycles. The Labute approximate surface area is 254 Å². The molecule has 0 spiro atoms. The Morgan fingerprint density at radius 3 is 1.89 bits per heavy atom. The number of halogens is 8. The minimum absolute atomic E-state index is 0.0244. The van der Waals surface area contributed by atoms with E-state index in [4.69, 9.17) is 0 Å². The predicted molar refractivity (Wildman–Crippen MR) is 157 cm³/mol. The van der Waals surface area contributed by atoms with Crippen LogP contribution >= 0.6 is 0 Å². The van der Waals surface area contributed by atoms with Gasteiger partial charge in [-0.05, 0) is 84.5 Å². The molecule has 230 valence electrons. The van der Waals surface area contributed by atoms with Gasteiger partial charge in [0.15, 0.2) is 17.5 Å². The third-order valence-corrected chi connectivity index (χ3v) is 7.10. The van der Waals surface area contributed by atoms with Crippen LogP contribution in [-0.2, 0) is 12.5 Å². The molecule has 0 aliphatic heterocycles. The number of hydrogen-bond donors (Lipinski definition) is 0. The maximum atomic E-state index is 15.0. The second-order valence-electron chi connectivity index (χ2n) is 10.4. The number of ether oxygens (including phenoxy) is 1. The highest BCUT2D eigenvalue weighted by molar-refractivity contribution is 5.72. The third-order valence-electron chi connectivity index (χ3n) is 7.10. The molecule has 5 aromatic carbocycles. The minimum atomic E-state index is -4.15. The average molecular weight is 625 g/mol. The highest BCUT2D eigenvalue weighted by Gasteiger charge is 2.38. The molecule has 0 N–H and O–H groups in total. The summed E-state index contributed by atoms with van der Waals surface area (Å²) in [5.74, 6) is -8.61. The van der Waals surface area contributed by atoms with Crippen LogP contribution in [0.4, 0.5) is 35.1 Å². The van der Waals surface area contributed by atoms with Gasteiger partial charge in [0.25, 0.3) is 0 Å². The lowest BCUT2D eigenvalue weighted by atomic mass is 9.99. The summed E-state index contributed by atoms with van der Waals surface area (Å²) in [6, 6.07) is 18.4. The average Bonchev–Trinajstić information content (AvgIpc) is 2.98. The third kappa shape index (κ3) is 7.25. The quantitative estimate of drug-likeness (QED) is 0.117. The maximum absolute atomic E-state index is 15.0. The highest BCUT2D eigenvalue weighted by atomic mass is 19.3. The molecule has 9 heteroatoms. The van der Waals surface area contributed by atoms with Crippen LogP contribution in [-0.4, -0.2) is 0 Å². The smallest absolute Gasteiger partial charge is 0.429 e. The van der Waals surface area contributed by atoms with Gasteiger partial charge in [0, 0.05) is 17.2 Å². The van der Waals surface area contributed by atoms with E-state index in [1.54, 1.807) is 6.08 Å². The van der Waals surface area contributed by atoms with E-state index in [0.717, 1.165) is 53.9 Å². The summed E-state index contributed by atoms with van der Waals surface area (Å²) in [5.41, 5.74) is 0.834. The summed E-state index contributed by atoms with van der Waals surface area (Å²) in [4.78, 5) is 0. The molecule has 0 bridgehead atoms. The zero-order valence-corrected chi connectivity index (χ0v) is 23.7. The van der Waals surface area contributed by atoms with Gasteiger partial charge >= 0.3 is 6.11 Å². The van der Waals surface area contributed by atoms with Crippen LogP contribution < -0.4 is 4.74 Å². The molecule has 0 aliphatic rings. The number of hydrogen-bond acceptors (Lipinski definition) is 1. The molecule has 0 amide bonds. The lowest BCUT2D eigenvalue weighted by molar-refractivity contribution is -0.187. The summed E-state index contributed by atoms with van der Waals surface area (Å²) < 4.78 is 119. The fourth-order valence-electron chi connectivity index (χ4n) is 4.72. The van der Waals surface area contributed by atoms with Crippen molar-refractivity contribution in [3.05, 3.63) is 154 Å². The number of alkyl halides is 2. The zero-order chi connectivity index (χ0) is 32.3. The van der Waals surface area contributed by atoms with Crippen molar-refractivity contribution in [3.63, 3.8) is 0 Å². The van der Waals surface area contributed by atoms with Gasteiger partial charge in [-0.15, -0.1) is 0 Å². The van der Waals surface area contributed by atoms with Gasteiger partial charge in [-0.3, -0.25) is 0 Å². The largest absolute Gasteiger partial charge is 0.429 e. The molecule has 0 fully saturated rings. The van der Waals surface area contributed by atoms with Crippen LogP contribution in [0, 0.1) is 41.8 Å². The Bertz CT molecular complexity index is 1860. The van der Waals surface area contributed by atoms with Gasteiger partial charge in [0.05, 0.1) is 5.56 Å². The molecule has 5 rings (SSSR count). The van der Waals surface area contributed by atoms with Gasteiger partial charge in [-0.25, -0.2) is 26.3 Å². The lowest BCUT2D eigenvalue weighted by Crippen LogP contribution is -2.23. The topological polar surface area (TPSA) is 9.23 Å². The van der Waals surface area contributed by atoms with E-state index in [0.29, 0.717) is 30.2 Å². The normalized spacial score (nSPS) is 11.8. The van der Waals surface area contributed by atoms with Crippen molar-refractivity contribution >= 4 is 6.08 Å². The van der Waals surface area contributed by atoms with E-state index in [2.05, 4.69) is 4.74 Å². The zero-order valence-electron chi connectivity index (χ0n) is 23.7. The number of allylic oxidation sites excluding steroid dienone is 1. The van der Waals surface area contributed by atoms with Crippen molar-refractivity contribution in [2.24, 2.45) is 0 Å². The Hall–Kier alpha value is -4.92. The fourth-order valence-corrected chi connectivity index (χ4v) is 4.72. The summed E-state index contributed by atoms with van der Waals surface area (Å²) >= 11 is 0. The van der Waals surface area contributed by atoms with Gasteiger partial charge < -0.3 is 4.74 Å². The molecule has 0 saturated heterocycles. The molecular weight excluding hydrogens is 600 g/mol. The molecule has 0 atom stereocenters. The summed E-state index contributed by atoms with van der Waals surface area (Å²) in [6.07, 6.45) is 0.712. The first-order valence-electron chi connectivity index (χ1n) is 13.7. The van der Waals surface area contributed by atoms with Gasteiger partial charge in [-0.1, -0.05) is 60.2 Å². The number of aryl methyl sites for hydroxylation is 2. The Balaban J connectivity index is 1.27. The van der Waals surface area contributed by atoms with Crippen molar-refractivity contribution in [2.45, 2.75) is 25.9 Å². The molecule has 0 aliphatic carbocycles. The summed E-state index contributed by atoms with van der Waals surface area (Å²) in [7, 11) is 0. The fraction of sp³-hybridized carbons (Fsp3) is 0.111. The predicted octanol–water partition coefficient (Wildman–Crippen LogP) is 10.9. The monoisotopic (exact) mass is 624 g/mol. The molecule has 45 heavy (non-hydrogen) atoms. The van der Waals surface area contributed by atoms with E-state index < -0.39 is 52.3 Å². The van der Waals surface area contributed by atoms with Crippen molar-refractivity contribution in [3.8, 4) is 28.0 Å². The first kappa shape index (κ1) is 31.5. The van der Waals surface area contributed by atoms with Crippen LogP contribution in [0.3, 0.4) is 0 Å². The highest BCUT2D eigenvalue weighted by Crippen LogP contribution is 2.36. The molecule has 0 heterocycles. The van der Waals surface area contributed by atoms with Crippen molar-refractivity contribution in [1.82, 2.24) is 0 Å². The first-order chi connectivity index (χ1) is 21.4. The van der Waals surface area contributed by atoms with E-state index >= 15 is 0 Å². The molecule has 0 radical (unpaired) electrons. The van der Waals surface area contributed by atoms with Crippen molar-refractivity contribution in [1.29, 1.82) is 0 Å². The standard InChI is InChI=1S/C36H24F8O/c1-21-6-8-22(9-7-21)4-2-3-5-23-10-15-29(32(39)16-23)36(43,44)45-26-12-14-27(31(38)20-26)24-11-13-28(30(37)17-24)25-18-33(40)35(42)34(41)19-25/h3,5-20H,2,4H2,1H3/b5-3+. The molecule has 0 unspecified atom stereocenters. The van der Waals surface area contributed by atoms with E-state index in [1.807, 2.05) is 37.3 Å². The Morgan fingerprint density at radius 2 is 1.24 bits per heavy atom. The number of rotatable bonds is 9. The van der Waals surface area contributed by atoms with E-state index in [9.17, 15) is 35.1 Å². The number of benzene rings is 5. The molecule has 5 aromatic rings. The van der Waals surface area contributed by atoms with Crippen LogP contribution in [0.5, 0.6) is 5.75 Å². The second-order valence-corrected chi connectivity index (χ2v) is 10.4. The first-order valence-corrected chi connectivity index (χ1v) is 13.7. The maximum Gasteiger partial charge on any atom is 0.429 e. The summed E-state index contributed by atoms with van der Waals surface area (Å²) in [5, 5.41) is 0. The molecule has 1 nitrogen and oxygen atoms in total. The second kappa shape index (κ2) is 13.0. The lowest BCUT2D eigenvalue weighted by Gasteiger charge is -2.19.